The quantitative estimate of drug-likeness (QED) is 0.621. The Morgan fingerprint density at radius 1 is 1.12 bits per heavy atom. The van der Waals surface area contributed by atoms with E-state index in [0.29, 0.717) is 6.10 Å². The number of methoxy groups -OCH3 is 1. The summed E-state index contributed by atoms with van der Waals surface area (Å²) in [7, 11) is 1.76. The van der Waals surface area contributed by atoms with Gasteiger partial charge in [0.25, 0.3) is 0 Å². The van der Waals surface area contributed by atoms with Crippen LogP contribution in [-0.4, -0.2) is 39.4 Å². The maximum atomic E-state index is 5.17. The minimum atomic E-state index is 0.318. The SMILES string of the molecule is COC(C)CNCCNCC1CCCCC1. The Balaban J connectivity index is 1.84. The molecule has 3 heteroatoms. The van der Waals surface area contributed by atoms with Crippen LogP contribution >= 0.6 is 0 Å². The maximum Gasteiger partial charge on any atom is 0.0667 e. The van der Waals surface area contributed by atoms with Crippen molar-refractivity contribution in [1.29, 1.82) is 0 Å². The van der Waals surface area contributed by atoms with E-state index in [2.05, 4.69) is 17.6 Å². The molecule has 1 unspecified atom stereocenters. The first-order valence-electron chi connectivity index (χ1n) is 6.77. The van der Waals surface area contributed by atoms with E-state index < -0.39 is 0 Å². The molecule has 0 spiro atoms. The molecule has 16 heavy (non-hydrogen) atoms. The molecule has 2 N–H and O–H groups in total. The fourth-order valence-electron chi connectivity index (χ4n) is 2.26. The van der Waals surface area contributed by atoms with Gasteiger partial charge in [-0.3, -0.25) is 0 Å². The van der Waals surface area contributed by atoms with Crippen LogP contribution in [0.25, 0.3) is 0 Å². The number of ether oxygens (including phenoxy) is 1. The zero-order valence-electron chi connectivity index (χ0n) is 10.9. The number of rotatable bonds is 8. The van der Waals surface area contributed by atoms with Crippen LogP contribution in [0.2, 0.25) is 0 Å². The summed E-state index contributed by atoms with van der Waals surface area (Å²) in [5, 5.41) is 6.93. The molecule has 0 heterocycles. The highest BCUT2D eigenvalue weighted by molar-refractivity contribution is 4.68. The Hall–Kier alpha value is -0.120. The van der Waals surface area contributed by atoms with E-state index >= 15 is 0 Å². The van der Waals surface area contributed by atoms with Crippen molar-refractivity contribution in [3.63, 3.8) is 0 Å². The maximum absolute atomic E-state index is 5.17. The van der Waals surface area contributed by atoms with Gasteiger partial charge in [0.15, 0.2) is 0 Å². The van der Waals surface area contributed by atoms with Crippen LogP contribution in [-0.2, 0) is 4.74 Å². The summed E-state index contributed by atoms with van der Waals surface area (Å²) in [6.07, 6.45) is 7.51. The van der Waals surface area contributed by atoms with Gasteiger partial charge in [-0.05, 0) is 32.2 Å². The van der Waals surface area contributed by atoms with E-state index in [4.69, 9.17) is 4.74 Å². The average Bonchev–Trinajstić information content (AvgIpc) is 2.34. The molecule has 0 aromatic heterocycles. The van der Waals surface area contributed by atoms with Gasteiger partial charge < -0.3 is 15.4 Å². The van der Waals surface area contributed by atoms with Crippen molar-refractivity contribution in [3.8, 4) is 0 Å². The predicted molar refractivity (Wildman–Crippen MR) is 68.8 cm³/mol. The van der Waals surface area contributed by atoms with E-state index in [-0.39, 0.29) is 0 Å². The second kappa shape index (κ2) is 8.97. The van der Waals surface area contributed by atoms with Gasteiger partial charge >= 0.3 is 0 Å². The molecule has 1 rings (SSSR count). The molecule has 1 atom stereocenters. The Morgan fingerprint density at radius 2 is 1.81 bits per heavy atom. The van der Waals surface area contributed by atoms with E-state index in [1.807, 2.05) is 0 Å². The van der Waals surface area contributed by atoms with Crippen molar-refractivity contribution in [2.75, 3.05) is 33.3 Å². The van der Waals surface area contributed by atoms with Crippen LogP contribution in [0.15, 0.2) is 0 Å². The summed E-state index contributed by atoms with van der Waals surface area (Å²) < 4.78 is 5.17. The third-order valence-electron chi connectivity index (χ3n) is 3.47. The van der Waals surface area contributed by atoms with Crippen LogP contribution in [0, 0.1) is 5.92 Å². The van der Waals surface area contributed by atoms with Gasteiger partial charge in [-0.1, -0.05) is 19.3 Å². The lowest BCUT2D eigenvalue weighted by Gasteiger charge is -2.21. The topological polar surface area (TPSA) is 33.3 Å². The Kier molecular flexibility index (Phi) is 7.81. The third-order valence-corrected chi connectivity index (χ3v) is 3.47. The molecule has 0 aliphatic heterocycles. The number of hydrogen-bond donors (Lipinski definition) is 2. The highest BCUT2D eigenvalue weighted by atomic mass is 16.5. The summed E-state index contributed by atoms with van der Waals surface area (Å²) in [6.45, 7) is 6.36. The average molecular weight is 228 g/mol. The molecular formula is C13H28N2O. The second-order valence-corrected chi connectivity index (χ2v) is 4.96. The van der Waals surface area contributed by atoms with E-state index in [1.165, 1.54) is 38.6 Å². The van der Waals surface area contributed by atoms with Gasteiger partial charge in [-0.15, -0.1) is 0 Å². The monoisotopic (exact) mass is 228 g/mol. The molecule has 96 valence electrons. The van der Waals surface area contributed by atoms with Crippen molar-refractivity contribution in [1.82, 2.24) is 10.6 Å². The molecule has 3 nitrogen and oxygen atoms in total. The first-order valence-corrected chi connectivity index (χ1v) is 6.77. The van der Waals surface area contributed by atoms with Crippen molar-refractivity contribution in [2.45, 2.75) is 45.1 Å². The Labute approximate surface area is 100 Å². The van der Waals surface area contributed by atoms with Gasteiger partial charge in [-0.25, -0.2) is 0 Å². The molecule has 0 bridgehead atoms. The molecular weight excluding hydrogens is 200 g/mol. The standard InChI is InChI=1S/C13H28N2O/c1-12(16-2)10-14-8-9-15-11-13-6-4-3-5-7-13/h12-15H,3-11H2,1-2H3. The minimum absolute atomic E-state index is 0.318. The van der Waals surface area contributed by atoms with E-state index in [1.54, 1.807) is 7.11 Å². The molecule has 0 saturated heterocycles. The molecule has 0 radical (unpaired) electrons. The lowest BCUT2D eigenvalue weighted by Crippen LogP contribution is -2.34. The molecule has 0 amide bonds. The number of nitrogens with one attached hydrogen (secondary N) is 2. The third kappa shape index (κ3) is 6.46. The minimum Gasteiger partial charge on any atom is -0.380 e. The van der Waals surface area contributed by atoms with Crippen LogP contribution in [0.4, 0.5) is 0 Å². The van der Waals surface area contributed by atoms with Gasteiger partial charge in [0.2, 0.25) is 0 Å². The summed E-state index contributed by atoms with van der Waals surface area (Å²) in [4.78, 5) is 0. The largest absolute Gasteiger partial charge is 0.380 e. The molecule has 1 aliphatic carbocycles. The second-order valence-electron chi connectivity index (χ2n) is 4.96. The predicted octanol–water partition coefficient (Wildman–Crippen LogP) is 1.78. The van der Waals surface area contributed by atoms with Crippen molar-refractivity contribution in [2.24, 2.45) is 5.92 Å². The summed E-state index contributed by atoms with van der Waals surface area (Å²) in [5.74, 6) is 0.937. The van der Waals surface area contributed by atoms with E-state index in [9.17, 15) is 0 Å². The lowest BCUT2D eigenvalue weighted by molar-refractivity contribution is 0.117. The summed E-state index contributed by atoms with van der Waals surface area (Å²) in [5.41, 5.74) is 0. The molecule has 0 aromatic carbocycles. The smallest absolute Gasteiger partial charge is 0.0667 e. The first-order chi connectivity index (χ1) is 7.83. The van der Waals surface area contributed by atoms with E-state index in [0.717, 1.165) is 25.6 Å². The normalized spacial score (nSPS) is 19.9. The molecule has 1 fully saturated rings. The van der Waals surface area contributed by atoms with Crippen molar-refractivity contribution < 1.29 is 4.74 Å². The Bertz CT molecular complexity index is 158. The van der Waals surface area contributed by atoms with Crippen LogP contribution in [0.1, 0.15) is 39.0 Å². The van der Waals surface area contributed by atoms with Gasteiger partial charge in [0.05, 0.1) is 6.10 Å². The van der Waals surface area contributed by atoms with Crippen molar-refractivity contribution in [3.05, 3.63) is 0 Å². The lowest BCUT2D eigenvalue weighted by atomic mass is 9.89. The van der Waals surface area contributed by atoms with Crippen LogP contribution < -0.4 is 10.6 Å². The fourth-order valence-corrected chi connectivity index (χ4v) is 2.26. The van der Waals surface area contributed by atoms with Gasteiger partial charge in [0, 0.05) is 26.7 Å². The molecule has 1 saturated carbocycles. The summed E-state index contributed by atoms with van der Waals surface area (Å²) >= 11 is 0. The molecule has 1 aliphatic rings. The zero-order valence-corrected chi connectivity index (χ0v) is 10.9. The fraction of sp³-hybridized carbons (Fsp3) is 1.00. The zero-order chi connectivity index (χ0) is 11.6. The number of hydrogen-bond acceptors (Lipinski definition) is 3. The highest BCUT2D eigenvalue weighted by Crippen LogP contribution is 2.22. The van der Waals surface area contributed by atoms with Crippen LogP contribution in [0.5, 0.6) is 0 Å². The summed E-state index contributed by atoms with van der Waals surface area (Å²) in [6, 6.07) is 0. The first kappa shape index (κ1) is 13.9. The van der Waals surface area contributed by atoms with Gasteiger partial charge in [0.1, 0.15) is 0 Å². The van der Waals surface area contributed by atoms with Crippen molar-refractivity contribution >= 4 is 0 Å². The van der Waals surface area contributed by atoms with Crippen LogP contribution in [0.3, 0.4) is 0 Å². The molecule has 0 aromatic rings. The Morgan fingerprint density at radius 3 is 2.50 bits per heavy atom. The van der Waals surface area contributed by atoms with Gasteiger partial charge in [-0.2, -0.15) is 0 Å². The highest BCUT2D eigenvalue weighted by Gasteiger charge is 2.12.